The van der Waals surface area contributed by atoms with Crippen molar-refractivity contribution >= 4 is 17.7 Å². The van der Waals surface area contributed by atoms with E-state index in [0.717, 1.165) is 28.9 Å². The van der Waals surface area contributed by atoms with Crippen LogP contribution in [0.5, 0.6) is 0 Å². The highest BCUT2D eigenvalue weighted by Gasteiger charge is 2.49. The number of halogens is 9. The quantitative estimate of drug-likeness (QED) is 0.309. The first-order valence-corrected chi connectivity index (χ1v) is 13.1. The van der Waals surface area contributed by atoms with E-state index < -0.39 is 77.0 Å². The maximum atomic E-state index is 14.3. The van der Waals surface area contributed by atoms with Crippen LogP contribution in [-0.4, -0.2) is 29.5 Å². The van der Waals surface area contributed by atoms with Crippen LogP contribution in [0, 0.1) is 5.92 Å². The van der Waals surface area contributed by atoms with Gasteiger partial charge in [0.15, 0.2) is 0 Å². The van der Waals surface area contributed by atoms with Crippen molar-refractivity contribution in [3.63, 3.8) is 0 Å². The van der Waals surface area contributed by atoms with Gasteiger partial charge in [-0.05, 0) is 67.5 Å². The van der Waals surface area contributed by atoms with Gasteiger partial charge in [0.1, 0.15) is 0 Å². The third kappa shape index (κ3) is 6.62. The molecule has 0 aromatic heterocycles. The third-order valence-electron chi connectivity index (χ3n) is 7.35. The maximum Gasteiger partial charge on any atom is 0.416 e. The average Bonchev–Trinajstić information content (AvgIpc) is 3.73. The van der Waals surface area contributed by atoms with Gasteiger partial charge >= 0.3 is 24.6 Å². The van der Waals surface area contributed by atoms with E-state index in [2.05, 4.69) is 0 Å². The first kappa shape index (κ1) is 31.5. The summed E-state index contributed by atoms with van der Waals surface area (Å²) < 4.78 is 129. The Balaban J connectivity index is 1.88. The number of anilines is 1. The number of benzene rings is 2. The van der Waals surface area contributed by atoms with Crippen LogP contribution in [0.3, 0.4) is 0 Å². The Hall–Kier alpha value is -3.45. The Morgan fingerprint density at radius 2 is 1.52 bits per heavy atom. The zero-order valence-electron chi connectivity index (χ0n) is 22.5. The van der Waals surface area contributed by atoms with E-state index in [1.807, 2.05) is 0 Å². The third-order valence-corrected chi connectivity index (χ3v) is 7.35. The van der Waals surface area contributed by atoms with Crippen molar-refractivity contribution in [2.24, 2.45) is 5.92 Å². The molecule has 1 aliphatic carbocycles. The molecule has 0 saturated heterocycles. The molecule has 4 rings (SSSR count). The van der Waals surface area contributed by atoms with Crippen molar-refractivity contribution in [1.29, 1.82) is 0 Å². The predicted octanol–water partition coefficient (Wildman–Crippen LogP) is 8.37. The standard InChI is InChI=1S/C28H27F9N2O3/c1-3-9-42-25(41)39-21-6-4-5-20(28(35,36)37)24(21)23(13-22(39)17-7-8-17)38(15(2)40)14-16-10-18(26(29,30)31)12-19(11-16)27(32,33)34/h4-6,10-12,17,22-23H,3,7-9,13-14H2,1-2H3. The molecule has 1 heterocycles. The van der Waals surface area contributed by atoms with Crippen molar-refractivity contribution in [1.82, 2.24) is 4.90 Å². The van der Waals surface area contributed by atoms with Gasteiger partial charge in [-0.1, -0.05) is 13.0 Å². The fraction of sp³-hybridized carbons (Fsp3) is 0.500. The number of fused-ring (bicyclic) bond motifs is 1. The zero-order valence-corrected chi connectivity index (χ0v) is 22.5. The van der Waals surface area contributed by atoms with E-state index in [4.69, 9.17) is 4.74 Å². The molecule has 1 aliphatic heterocycles. The Morgan fingerprint density at radius 1 is 0.929 bits per heavy atom. The molecule has 0 spiro atoms. The SMILES string of the molecule is CCCOC(=O)N1c2cccc(C(F)(F)F)c2C(N(Cc2cc(C(F)(F)F)cc(C(F)(F)F)c2)C(C)=O)CC1C1CC1. The Labute approximate surface area is 235 Å². The summed E-state index contributed by atoms with van der Waals surface area (Å²) in [6.07, 6.45) is -14.7. The van der Waals surface area contributed by atoms with Gasteiger partial charge in [-0.15, -0.1) is 0 Å². The Bertz CT molecular complexity index is 1300. The van der Waals surface area contributed by atoms with E-state index in [-0.39, 0.29) is 30.7 Å². The number of amides is 2. The van der Waals surface area contributed by atoms with Crippen LogP contribution in [0.1, 0.15) is 73.4 Å². The molecule has 2 aromatic carbocycles. The monoisotopic (exact) mass is 610 g/mol. The van der Waals surface area contributed by atoms with Gasteiger partial charge in [0.2, 0.25) is 5.91 Å². The van der Waals surface area contributed by atoms with Crippen molar-refractivity contribution in [2.75, 3.05) is 11.5 Å². The van der Waals surface area contributed by atoms with Crippen LogP contribution in [0.25, 0.3) is 0 Å². The van der Waals surface area contributed by atoms with E-state index in [0.29, 0.717) is 31.4 Å². The summed E-state index contributed by atoms with van der Waals surface area (Å²) in [5.41, 5.74) is -5.63. The van der Waals surface area contributed by atoms with E-state index in [1.165, 1.54) is 6.07 Å². The van der Waals surface area contributed by atoms with Gasteiger partial charge in [-0.25, -0.2) is 4.79 Å². The molecule has 1 fully saturated rings. The molecule has 2 aliphatic rings. The summed E-state index contributed by atoms with van der Waals surface area (Å²) >= 11 is 0. The number of hydrogen-bond acceptors (Lipinski definition) is 3. The molecule has 2 unspecified atom stereocenters. The highest BCUT2D eigenvalue weighted by atomic mass is 19.4. The molecule has 0 bridgehead atoms. The highest BCUT2D eigenvalue weighted by Crippen LogP contribution is 2.52. The van der Waals surface area contributed by atoms with Crippen LogP contribution in [-0.2, 0) is 34.6 Å². The van der Waals surface area contributed by atoms with Crippen molar-refractivity contribution in [2.45, 2.75) is 76.7 Å². The second-order valence-corrected chi connectivity index (χ2v) is 10.4. The molecule has 1 saturated carbocycles. The molecule has 2 amide bonds. The van der Waals surface area contributed by atoms with Gasteiger partial charge < -0.3 is 9.64 Å². The van der Waals surface area contributed by atoms with Crippen LogP contribution in [0.4, 0.5) is 50.0 Å². The molecule has 230 valence electrons. The largest absolute Gasteiger partial charge is 0.449 e. The van der Waals surface area contributed by atoms with Crippen molar-refractivity contribution in [3.8, 4) is 0 Å². The van der Waals surface area contributed by atoms with Gasteiger partial charge in [-0.2, -0.15) is 39.5 Å². The Kier molecular flexibility index (Phi) is 8.49. The normalized spacial score (nSPS) is 19.4. The number of carbonyl (C=O) groups excluding carboxylic acids is 2. The number of alkyl halides is 9. The smallest absolute Gasteiger partial charge is 0.416 e. The molecule has 0 N–H and O–H groups in total. The summed E-state index contributed by atoms with van der Waals surface area (Å²) in [5.74, 6) is -1.02. The van der Waals surface area contributed by atoms with E-state index in [1.54, 1.807) is 6.92 Å². The summed E-state index contributed by atoms with van der Waals surface area (Å²) in [7, 11) is 0. The first-order chi connectivity index (χ1) is 19.4. The Morgan fingerprint density at radius 3 is 2.00 bits per heavy atom. The van der Waals surface area contributed by atoms with Gasteiger partial charge in [0, 0.05) is 25.1 Å². The van der Waals surface area contributed by atoms with E-state index in [9.17, 15) is 49.1 Å². The summed E-state index contributed by atoms with van der Waals surface area (Å²) in [4.78, 5) is 28.0. The molecular weight excluding hydrogens is 583 g/mol. The molecular formula is C28H27F9N2O3. The number of hydrogen-bond donors (Lipinski definition) is 0. The number of rotatable bonds is 6. The van der Waals surface area contributed by atoms with Crippen molar-refractivity contribution < 1.29 is 53.8 Å². The van der Waals surface area contributed by atoms with E-state index >= 15 is 0 Å². The van der Waals surface area contributed by atoms with Gasteiger partial charge in [0.05, 0.1) is 35.0 Å². The van der Waals surface area contributed by atoms with Gasteiger partial charge in [0.25, 0.3) is 0 Å². The fourth-order valence-electron chi connectivity index (χ4n) is 5.40. The molecule has 14 heteroatoms. The minimum atomic E-state index is -5.16. The summed E-state index contributed by atoms with van der Waals surface area (Å²) in [6.45, 7) is 1.87. The molecule has 42 heavy (non-hydrogen) atoms. The van der Waals surface area contributed by atoms with Crippen molar-refractivity contribution in [3.05, 3.63) is 64.2 Å². The lowest BCUT2D eigenvalue weighted by molar-refractivity contribution is -0.143. The van der Waals surface area contributed by atoms with Crippen LogP contribution >= 0.6 is 0 Å². The minimum Gasteiger partial charge on any atom is -0.449 e. The van der Waals surface area contributed by atoms with Crippen LogP contribution in [0.15, 0.2) is 36.4 Å². The molecule has 2 aromatic rings. The molecule has 0 radical (unpaired) electrons. The second-order valence-electron chi connectivity index (χ2n) is 10.4. The number of carbonyl (C=O) groups is 2. The first-order valence-electron chi connectivity index (χ1n) is 13.1. The minimum absolute atomic E-state index is 0.00109. The highest BCUT2D eigenvalue weighted by molar-refractivity contribution is 5.91. The van der Waals surface area contributed by atoms with Crippen LogP contribution in [0.2, 0.25) is 0 Å². The topological polar surface area (TPSA) is 49.9 Å². The fourth-order valence-corrected chi connectivity index (χ4v) is 5.40. The molecule has 2 atom stereocenters. The zero-order chi connectivity index (χ0) is 31.2. The lowest BCUT2D eigenvalue weighted by atomic mass is 9.84. The number of ether oxygens (including phenoxy) is 1. The van der Waals surface area contributed by atoms with Crippen LogP contribution < -0.4 is 4.90 Å². The summed E-state index contributed by atoms with van der Waals surface area (Å²) in [6, 6.07) is 1.79. The van der Waals surface area contributed by atoms with Gasteiger partial charge in [-0.3, -0.25) is 9.69 Å². The number of nitrogens with zero attached hydrogens (tertiary/aromatic N) is 2. The maximum absolute atomic E-state index is 14.3. The molecule has 5 nitrogen and oxygen atoms in total. The summed E-state index contributed by atoms with van der Waals surface area (Å²) in [5, 5.41) is 0. The average molecular weight is 611 g/mol. The lowest BCUT2D eigenvalue weighted by Crippen LogP contribution is -2.50. The predicted molar refractivity (Wildman–Crippen MR) is 132 cm³/mol. The lowest BCUT2D eigenvalue weighted by Gasteiger charge is -2.45. The second kappa shape index (κ2) is 11.3.